The Labute approximate surface area is 161 Å². The molecule has 1 aliphatic heterocycles. The number of nitro groups is 1. The SMILES string of the molecule is O=[N+]([O-])c1cc2c(cc1NC(=S)[S-])OCCOCCOCCOCCO2. The molecule has 0 atom stereocenters. The van der Waals surface area contributed by atoms with Crippen LogP contribution in [-0.4, -0.2) is 62.1 Å². The first-order chi connectivity index (χ1) is 12.6. The van der Waals surface area contributed by atoms with Crippen molar-refractivity contribution < 1.29 is 28.6 Å². The van der Waals surface area contributed by atoms with Crippen LogP contribution in [-0.2, 0) is 26.8 Å². The molecule has 1 heterocycles. The van der Waals surface area contributed by atoms with Crippen LogP contribution in [0, 0.1) is 10.1 Å². The number of benzene rings is 1. The normalized spacial score (nSPS) is 16.8. The first-order valence-corrected chi connectivity index (χ1v) is 8.69. The second-order valence-electron chi connectivity index (χ2n) is 5.02. The van der Waals surface area contributed by atoms with Crippen LogP contribution in [0.2, 0.25) is 0 Å². The zero-order chi connectivity index (χ0) is 18.8. The van der Waals surface area contributed by atoms with Crippen molar-refractivity contribution in [2.75, 3.05) is 58.2 Å². The predicted molar refractivity (Wildman–Crippen MR) is 100 cm³/mol. The Morgan fingerprint density at radius 2 is 1.42 bits per heavy atom. The van der Waals surface area contributed by atoms with Gasteiger partial charge in [-0.1, -0.05) is 4.32 Å². The summed E-state index contributed by atoms with van der Waals surface area (Å²) in [6.45, 7) is 2.86. The third-order valence-electron chi connectivity index (χ3n) is 3.21. The number of nitro benzene ring substituents is 1. The van der Waals surface area contributed by atoms with Gasteiger partial charge < -0.3 is 53.8 Å². The maximum atomic E-state index is 11.3. The zero-order valence-corrected chi connectivity index (χ0v) is 15.6. The highest BCUT2D eigenvalue weighted by Gasteiger charge is 2.20. The molecule has 0 fully saturated rings. The smallest absolute Gasteiger partial charge is 0.296 e. The molecule has 144 valence electrons. The van der Waals surface area contributed by atoms with Gasteiger partial charge in [-0.25, -0.2) is 0 Å². The molecule has 0 bridgehead atoms. The Kier molecular flexibility index (Phi) is 8.71. The molecule has 26 heavy (non-hydrogen) atoms. The third-order valence-corrected chi connectivity index (χ3v) is 3.41. The fourth-order valence-electron chi connectivity index (χ4n) is 2.10. The standard InChI is InChI=1S/C15H20N2O7S2/c18-17(19)12-10-14-13(9-11(12)16-15(25)26)23-7-5-21-3-1-20-2-4-22-6-8-24-14/h9-10H,1-8H2,(H2,16,25,26)/p-1. The predicted octanol–water partition coefficient (Wildman–Crippen LogP) is 1.66. The molecule has 1 aromatic carbocycles. The molecule has 0 spiro atoms. The molecule has 0 amide bonds. The lowest BCUT2D eigenvalue weighted by atomic mass is 10.2. The fourth-order valence-corrected chi connectivity index (χ4v) is 2.32. The molecule has 0 saturated carbocycles. The van der Waals surface area contributed by atoms with E-state index in [2.05, 4.69) is 5.32 Å². The minimum atomic E-state index is -0.550. The molecule has 1 N–H and O–H groups in total. The molecule has 11 heteroatoms. The summed E-state index contributed by atoms with van der Waals surface area (Å²) >= 11 is 9.60. The Balaban J connectivity index is 2.21. The van der Waals surface area contributed by atoms with Gasteiger partial charge in [0.05, 0.1) is 50.6 Å². The van der Waals surface area contributed by atoms with Gasteiger partial charge in [0.2, 0.25) is 0 Å². The summed E-state index contributed by atoms with van der Waals surface area (Å²) in [6, 6.07) is 2.71. The van der Waals surface area contributed by atoms with E-state index in [9.17, 15) is 10.1 Å². The highest BCUT2D eigenvalue weighted by molar-refractivity contribution is 8.00. The zero-order valence-electron chi connectivity index (χ0n) is 13.9. The van der Waals surface area contributed by atoms with E-state index in [1.54, 1.807) is 0 Å². The van der Waals surface area contributed by atoms with E-state index in [1.165, 1.54) is 12.1 Å². The van der Waals surface area contributed by atoms with E-state index in [0.717, 1.165) is 0 Å². The number of fused-ring (bicyclic) bond motifs is 1. The first-order valence-electron chi connectivity index (χ1n) is 7.87. The molecular weight excluding hydrogens is 384 g/mol. The van der Waals surface area contributed by atoms with Crippen molar-refractivity contribution in [2.45, 2.75) is 0 Å². The van der Waals surface area contributed by atoms with Gasteiger partial charge in [-0.3, -0.25) is 10.1 Å². The number of hydrogen-bond donors (Lipinski definition) is 1. The minimum Gasteiger partial charge on any atom is -0.487 e. The maximum Gasteiger partial charge on any atom is 0.296 e. The van der Waals surface area contributed by atoms with Crippen molar-refractivity contribution in [1.82, 2.24) is 0 Å². The first kappa shape index (κ1) is 20.5. The number of nitrogens with zero attached hydrogens (tertiary/aromatic N) is 1. The maximum absolute atomic E-state index is 11.3. The summed E-state index contributed by atoms with van der Waals surface area (Å²) in [5.74, 6) is 0.548. The molecular formula is C15H19N2O7S2-. The van der Waals surface area contributed by atoms with Gasteiger partial charge in [-0.2, -0.15) is 0 Å². The quantitative estimate of drug-likeness (QED) is 0.339. The van der Waals surface area contributed by atoms with E-state index >= 15 is 0 Å². The van der Waals surface area contributed by atoms with Crippen molar-refractivity contribution in [3.05, 3.63) is 22.2 Å². The van der Waals surface area contributed by atoms with Crippen LogP contribution in [0.15, 0.2) is 12.1 Å². The van der Waals surface area contributed by atoms with Gasteiger partial charge in [0.1, 0.15) is 18.9 Å². The van der Waals surface area contributed by atoms with Crippen molar-refractivity contribution in [2.24, 2.45) is 0 Å². The number of anilines is 1. The summed E-state index contributed by atoms with van der Waals surface area (Å²) < 4.78 is 27.3. The average Bonchev–Trinajstić information content (AvgIpc) is 2.59. The molecule has 1 aromatic rings. The molecule has 9 nitrogen and oxygen atoms in total. The molecule has 0 radical (unpaired) electrons. The van der Waals surface area contributed by atoms with Crippen molar-refractivity contribution in [1.29, 1.82) is 0 Å². The van der Waals surface area contributed by atoms with Crippen molar-refractivity contribution in [3.63, 3.8) is 0 Å². The number of ether oxygens (including phenoxy) is 5. The summed E-state index contributed by atoms with van der Waals surface area (Å²) in [5, 5.41) is 13.9. The van der Waals surface area contributed by atoms with E-state index in [4.69, 9.17) is 48.5 Å². The lowest BCUT2D eigenvalue weighted by Crippen LogP contribution is -2.13. The molecule has 1 aliphatic rings. The molecule has 0 unspecified atom stereocenters. The average molecular weight is 403 g/mol. The van der Waals surface area contributed by atoms with Crippen LogP contribution in [0.3, 0.4) is 0 Å². The monoisotopic (exact) mass is 403 g/mol. The molecule has 2 rings (SSSR count). The Morgan fingerprint density at radius 3 is 1.88 bits per heavy atom. The van der Waals surface area contributed by atoms with E-state index in [-0.39, 0.29) is 34.7 Å². The molecule has 0 aliphatic carbocycles. The lowest BCUT2D eigenvalue weighted by molar-refractivity contribution is -0.384. The molecule has 0 saturated heterocycles. The van der Waals surface area contributed by atoms with E-state index in [1.807, 2.05) is 0 Å². The Morgan fingerprint density at radius 1 is 0.962 bits per heavy atom. The highest BCUT2D eigenvalue weighted by Crippen LogP contribution is 2.38. The van der Waals surface area contributed by atoms with Gasteiger partial charge in [0.15, 0.2) is 11.5 Å². The van der Waals surface area contributed by atoms with Crippen LogP contribution >= 0.6 is 12.2 Å². The minimum absolute atomic E-state index is 0.0113. The summed E-state index contributed by atoms with van der Waals surface area (Å²) in [6.07, 6.45) is 0. The van der Waals surface area contributed by atoms with Crippen LogP contribution < -0.4 is 14.8 Å². The second-order valence-corrected chi connectivity index (χ2v) is 6.09. The van der Waals surface area contributed by atoms with Crippen molar-refractivity contribution in [3.8, 4) is 11.5 Å². The van der Waals surface area contributed by atoms with E-state index in [0.29, 0.717) is 45.4 Å². The van der Waals surface area contributed by atoms with Crippen LogP contribution in [0.5, 0.6) is 11.5 Å². The number of thiocarbonyl (C=S) groups is 1. The van der Waals surface area contributed by atoms with Crippen LogP contribution in [0.25, 0.3) is 0 Å². The van der Waals surface area contributed by atoms with Crippen LogP contribution in [0.4, 0.5) is 11.4 Å². The van der Waals surface area contributed by atoms with Gasteiger partial charge in [0.25, 0.3) is 5.69 Å². The fraction of sp³-hybridized carbons (Fsp3) is 0.533. The van der Waals surface area contributed by atoms with Crippen molar-refractivity contribution >= 4 is 40.5 Å². The molecule has 0 aromatic heterocycles. The number of rotatable bonds is 2. The largest absolute Gasteiger partial charge is 0.487 e. The van der Waals surface area contributed by atoms with Crippen LogP contribution in [0.1, 0.15) is 0 Å². The Bertz CT molecular complexity index is 630. The topological polar surface area (TPSA) is 101 Å². The lowest BCUT2D eigenvalue weighted by Gasteiger charge is -2.16. The van der Waals surface area contributed by atoms with Gasteiger partial charge in [0, 0.05) is 6.07 Å². The Hall–Kier alpha value is -1.79. The number of hydrogen-bond acceptors (Lipinski definition) is 9. The summed E-state index contributed by atoms with van der Waals surface area (Å²) in [7, 11) is 0. The van der Waals surface area contributed by atoms with Gasteiger partial charge in [-0.15, -0.1) is 0 Å². The van der Waals surface area contributed by atoms with Gasteiger partial charge >= 0.3 is 0 Å². The summed E-state index contributed by atoms with van der Waals surface area (Å²) in [5.41, 5.74) is -0.0798. The summed E-state index contributed by atoms with van der Waals surface area (Å²) in [4.78, 5) is 10.8. The number of nitrogens with one attached hydrogen (secondary N) is 1. The third kappa shape index (κ3) is 6.84. The van der Waals surface area contributed by atoms with Gasteiger partial charge in [-0.05, 0) is 0 Å². The second kappa shape index (κ2) is 11.0. The highest BCUT2D eigenvalue weighted by atomic mass is 32.1. The van der Waals surface area contributed by atoms with E-state index < -0.39 is 4.92 Å².